The van der Waals surface area contributed by atoms with Crippen LogP contribution < -0.4 is 11.1 Å². The smallest absolute Gasteiger partial charge is 0.261 e. The minimum absolute atomic E-state index is 0.0893. The van der Waals surface area contributed by atoms with Crippen molar-refractivity contribution in [3.8, 4) is 0 Å². The first-order valence-corrected chi connectivity index (χ1v) is 6.69. The van der Waals surface area contributed by atoms with Crippen LogP contribution in [0.1, 0.15) is 22.5 Å². The van der Waals surface area contributed by atoms with Gasteiger partial charge in [0.25, 0.3) is 5.91 Å². The van der Waals surface area contributed by atoms with Gasteiger partial charge in [-0.05, 0) is 36.4 Å². The van der Waals surface area contributed by atoms with E-state index in [1.807, 2.05) is 0 Å². The summed E-state index contributed by atoms with van der Waals surface area (Å²) in [7, 11) is 0. The Labute approximate surface area is 108 Å². The van der Waals surface area contributed by atoms with E-state index in [0.29, 0.717) is 4.88 Å². The molecule has 2 aromatic rings. The zero-order valence-corrected chi connectivity index (χ0v) is 10.5. The monoisotopic (exact) mass is 264 g/mol. The van der Waals surface area contributed by atoms with Crippen molar-refractivity contribution in [1.82, 2.24) is 5.32 Å². The third-order valence-corrected chi connectivity index (χ3v) is 4.31. The Bertz CT molecular complexity index is 604. The molecule has 18 heavy (non-hydrogen) atoms. The van der Waals surface area contributed by atoms with Crippen molar-refractivity contribution >= 4 is 27.3 Å². The van der Waals surface area contributed by atoms with E-state index in [0.717, 1.165) is 22.9 Å². The molecule has 1 aromatic carbocycles. The van der Waals surface area contributed by atoms with Gasteiger partial charge in [-0.2, -0.15) is 0 Å². The van der Waals surface area contributed by atoms with Crippen molar-refractivity contribution in [2.45, 2.75) is 24.9 Å². The number of rotatable bonds is 2. The van der Waals surface area contributed by atoms with Gasteiger partial charge < -0.3 is 11.1 Å². The Morgan fingerprint density at radius 1 is 1.39 bits per heavy atom. The number of fused-ring (bicyclic) bond motifs is 1. The average molecular weight is 264 g/mol. The summed E-state index contributed by atoms with van der Waals surface area (Å²) in [6.45, 7) is 0. The number of nitrogens with one attached hydrogen (secondary N) is 1. The second-order valence-corrected chi connectivity index (χ2v) is 5.78. The van der Waals surface area contributed by atoms with Crippen molar-refractivity contribution in [2.24, 2.45) is 5.73 Å². The Morgan fingerprint density at radius 2 is 2.17 bits per heavy atom. The Hall–Kier alpha value is -1.46. The standard InChI is InChI=1S/C13H13FN2OS/c14-8-2-1-7-3-12(18-11(7)4-8)13(17)16-10-5-9(15)6-10/h1-4,9-10H,5-6,15H2,(H,16,17). The third-order valence-electron chi connectivity index (χ3n) is 3.22. The molecule has 1 fully saturated rings. The summed E-state index contributed by atoms with van der Waals surface area (Å²) < 4.78 is 13.9. The number of benzene rings is 1. The third kappa shape index (κ3) is 2.11. The zero-order chi connectivity index (χ0) is 12.7. The second kappa shape index (κ2) is 4.33. The van der Waals surface area contributed by atoms with E-state index in [-0.39, 0.29) is 23.8 Å². The molecule has 0 aliphatic heterocycles. The summed E-state index contributed by atoms with van der Waals surface area (Å²) >= 11 is 1.31. The number of carbonyl (C=O) groups excluding carboxylic acids is 1. The summed E-state index contributed by atoms with van der Waals surface area (Å²) in [5.74, 6) is -0.366. The fourth-order valence-corrected chi connectivity index (χ4v) is 3.14. The lowest BCUT2D eigenvalue weighted by atomic mass is 9.87. The normalized spacial score (nSPS) is 22.8. The van der Waals surface area contributed by atoms with Crippen LogP contribution >= 0.6 is 11.3 Å². The van der Waals surface area contributed by atoms with Crippen LogP contribution in [-0.4, -0.2) is 18.0 Å². The Morgan fingerprint density at radius 3 is 2.89 bits per heavy atom. The highest BCUT2D eigenvalue weighted by Crippen LogP contribution is 2.27. The second-order valence-electron chi connectivity index (χ2n) is 4.69. The van der Waals surface area contributed by atoms with E-state index >= 15 is 0 Å². The molecule has 0 spiro atoms. The van der Waals surface area contributed by atoms with Crippen molar-refractivity contribution in [1.29, 1.82) is 0 Å². The van der Waals surface area contributed by atoms with Crippen LogP contribution in [0.4, 0.5) is 4.39 Å². The number of carbonyl (C=O) groups is 1. The highest BCUT2D eigenvalue weighted by molar-refractivity contribution is 7.20. The molecule has 1 aliphatic rings. The topological polar surface area (TPSA) is 55.1 Å². The van der Waals surface area contributed by atoms with Crippen LogP contribution in [0.5, 0.6) is 0 Å². The maximum Gasteiger partial charge on any atom is 0.261 e. The molecule has 1 aliphatic carbocycles. The SMILES string of the molecule is NC1CC(NC(=O)c2cc3ccc(F)cc3s2)C1. The maximum atomic E-state index is 13.1. The highest BCUT2D eigenvalue weighted by Gasteiger charge is 2.27. The van der Waals surface area contributed by atoms with Gasteiger partial charge in [0.15, 0.2) is 0 Å². The number of hydrogen-bond donors (Lipinski definition) is 2. The molecular weight excluding hydrogens is 251 g/mol. The van der Waals surface area contributed by atoms with Gasteiger partial charge in [0, 0.05) is 16.8 Å². The van der Waals surface area contributed by atoms with Crippen molar-refractivity contribution in [3.63, 3.8) is 0 Å². The summed E-state index contributed by atoms with van der Waals surface area (Å²) in [6.07, 6.45) is 1.68. The quantitative estimate of drug-likeness (QED) is 0.874. The fourth-order valence-electron chi connectivity index (χ4n) is 2.15. The number of halogens is 1. The number of hydrogen-bond acceptors (Lipinski definition) is 3. The van der Waals surface area contributed by atoms with E-state index in [1.165, 1.54) is 23.5 Å². The maximum absolute atomic E-state index is 13.1. The summed E-state index contributed by atoms with van der Waals surface area (Å²) in [4.78, 5) is 12.6. The molecule has 0 bridgehead atoms. The van der Waals surface area contributed by atoms with Gasteiger partial charge in [-0.3, -0.25) is 4.79 Å². The first-order valence-electron chi connectivity index (χ1n) is 5.87. The van der Waals surface area contributed by atoms with Crippen LogP contribution in [0, 0.1) is 5.82 Å². The van der Waals surface area contributed by atoms with Crippen molar-refractivity contribution in [3.05, 3.63) is 35.0 Å². The summed E-state index contributed by atoms with van der Waals surface area (Å²) in [5, 5.41) is 3.84. The van der Waals surface area contributed by atoms with E-state index < -0.39 is 0 Å². The first-order chi connectivity index (χ1) is 8.61. The number of nitrogens with two attached hydrogens (primary N) is 1. The van der Waals surface area contributed by atoms with Crippen molar-refractivity contribution in [2.75, 3.05) is 0 Å². The van der Waals surface area contributed by atoms with E-state index in [1.54, 1.807) is 12.1 Å². The Kier molecular flexibility index (Phi) is 2.80. The van der Waals surface area contributed by atoms with Crippen LogP contribution in [-0.2, 0) is 0 Å². The summed E-state index contributed by atoms with van der Waals surface area (Å²) in [5.41, 5.74) is 5.67. The van der Waals surface area contributed by atoms with Gasteiger partial charge in [0.2, 0.25) is 0 Å². The molecule has 1 amide bonds. The molecule has 1 aromatic heterocycles. The molecule has 0 radical (unpaired) electrons. The van der Waals surface area contributed by atoms with Gasteiger partial charge in [-0.1, -0.05) is 6.07 Å². The molecule has 0 unspecified atom stereocenters. The van der Waals surface area contributed by atoms with E-state index in [9.17, 15) is 9.18 Å². The van der Waals surface area contributed by atoms with Gasteiger partial charge in [-0.15, -0.1) is 11.3 Å². The first kappa shape index (κ1) is 11.6. The fraction of sp³-hybridized carbons (Fsp3) is 0.308. The van der Waals surface area contributed by atoms with Gasteiger partial charge in [0.05, 0.1) is 4.88 Å². The molecule has 0 saturated heterocycles. The number of amides is 1. The van der Waals surface area contributed by atoms with Gasteiger partial charge in [-0.25, -0.2) is 4.39 Å². The van der Waals surface area contributed by atoms with Crippen LogP contribution in [0.3, 0.4) is 0 Å². The molecular formula is C13H13FN2OS. The molecule has 1 saturated carbocycles. The van der Waals surface area contributed by atoms with E-state index in [2.05, 4.69) is 5.32 Å². The van der Waals surface area contributed by atoms with E-state index in [4.69, 9.17) is 5.73 Å². The summed E-state index contributed by atoms with van der Waals surface area (Å²) in [6, 6.07) is 6.75. The predicted molar refractivity (Wildman–Crippen MR) is 70.2 cm³/mol. The van der Waals surface area contributed by atoms with Gasteiger partial charge in [0.1, 0.15) is 5.82 Å². The van der Waals surface area contributed by atoms with Crippen LogP contribution in [0.25, 0.3) is 10.1 Å². The highest BCUT2D eigenvalue weighted by atomic mass is 32.1. The molecule has 0 atom stereocenters. The minimum Gasteiger partial charge on any atom is -0.348 e. The molecule has 3 N–H and O–H groups in total. The lowest BCUT2D eigenvalue weighted by Crippen LogP contribution is -2.50. The molecule has 94 valence electrons. The van der Waals surface area contributed by atoms with Crippen molar-refractivity contribution < 1.29 is 9.18 Å². The molecule has 1 heterocycles. The Balaban J connectivity index is 1.79. The predicted octanol–water partition coefficient (Wildman–Crippen LogP) is 2.26. The average Bonchev–Trinajstić information content (AvgIpc) is 2.69. The minimum atomic E-state index is -0.277. The molecule has 5 heteroatoms. The van der Waals surface area contributed by atoms with Crippen LogP contribution in [0.2, 0.25) is 0 Å². The van der Waals surface area contributed by atoms with Crippen LogP contribution in [0.15, 0.2) is 24.3 Å². The largest absolute Gasteiger partial charge is 0.348 e. The lowest BCUT2D eigenvalue weighted by molar-refractivity contribution is 0.0914. The zero-order valence-electron chi connectivity index (χ0n) is 9.65. The van der Waals surface area contributed by atoms with Gasteiger partial charge >= 0.3 is 0 Å². The lowest BCUT2D eigenvalue weighted by Gasteiger charge is -2.32. The number of thiophene rings is 1. The molecule has 3 nitrogen and oxygen atoms in total. The molecule has 3 rings (SSSR count).